The fraction of sp³-hybridized carbons (Fsp3) is 0.333. The molecule has 1 aromatic heterocycles. The van der Waals surface area contributed by atoms with Crippen molar-refractivity contribution < 1.29 is 13.2 Å². The average Bonchev–Trinajstić information content (AvgIpc) is 2.74. The van der Waals surface area contributed by atoms with Gasteiger partial charge in [0.15, 0.2) is 9.84 Å². The summed E-state index contributed by atoms with van der Waals surface area (Å²) in [4.78, 5) is 21.2. The van der Waals surface area contributed by atoms with E-state index in [0.29, 0.717) is 5.69 Å². The lowest BCUT2D eigenvalue weighted by atomic mass is 10.2. The van der Waals surface area contributed by atoms with Crippen LogP contribution in [0, 0.1) is 0 Å². The Kier molecular flexibility index (Phi) is 6.53. The van der Waals surface area contributed by atoms with E-state index < -0.39 is 21.0 Å². The van der Waals surface area contributed by atoms with Gasteiger partial charge in [-0.2, -0.15) is 0 Å². The Bertz CT molecular complexity index is 938. The highest BCUT2D eigenvalue weighted by atomic mass is 32.2. The minimum atomic E-state index is -3.55. The standard InChI is InChI=1S/C21H26N4O3S/c1-3-15-29(27,28)17(2)21(26)23-18-9-10-20(22-16-18)25-13-11-24(12-14-25)19-7-5-4-6-8-19/h3-10,16-17H,1,11-15H2,2H3,(H,23,26). The molecule has 1 atom stereocenters. The van der Waals surface area contributed by atoms with Crippen LogP contribution in [-0.4, -0.2) is 56.5 Å². The van der Waals surface area contributed by atoms with E-state index >= 15 is 0 Å². The van der Waals surface area contributed by atoms with Crippen molar-refractivity contribution >= 4 is 32.9 Å². The van der Waals surface area contributed by atoms with E-state index in [2.05, 4.69) is 38.8 Å². The van der Waals surface area contributed by atoms with Crippen LogP contribution < -0.4 is 15.1 Å². The second kappa shape index (κ2) is 9.09. The van der Waals surface area contributed by atoms with Crippen molar-refractivity contribution in [2.75, 3.05) is 47.0 Å². The zero-order valence-electron chi connectivity index (χ0n) is 16.5. The van der Waals surface area contributed by atoms with Crippen molar-refractivity contribution in [2.45, 2.75) is 12.2 Å². The highest BCUT2D eigenvalue weighted by molar-refractivity contribution is 7.92. The molecule has 1 unspecified atom stereocenters. The maximum Gasteiger partial charge on any atom is 0.242 e. The lowest BCUT2D eigenvalue weighted by Crippen LogP contribution is -2.46. The van der Waals surface area contributed by atoms with Crippen molar-refractivity contribution in [3.05, 3.63) is 61.3 Å². The molecule has 1 aromatic carbocycles. The Hall–Kier alpha value is -2.87. The summed E-state index contributed by atoms with van der Waals surface area (Å²) in [5.41, 5.74) is 1.70. The first-order chi connectivity index (χ1) is 13.9. The van der Waals surface area contributed by atoms with Crippen LogP contribution in [-0.2, 0) is 14.6 Å². The van der Waals surface area contributed by atoms with Gasteiger partial charge in [0.05, 0.1) is 17.6 Å². The number of aromatic nitrogens is 1. The Morgan fingerprint density at radius 1 is 1.14 bits per heavy atom. The molecule has 0 saturated carbocycles. The monoisotopic (exact) mass is 414 g/mol. The van der Waals surface area contributed by atoms with E-state index in [-0.39, 0.29) is 5.75 Å². The van der Waals surface area contributed by atoms with Crippen molar-refractivity contribution in [2.24, 2.45) is 0 Å². The molecule has 8 heteroatoms. The van der Waals surface area contributed by atoms with E-state index in [1.54, 1.807) is 12.3 Å². The number of carbonyl (C=O) groups is 1. The minimum Gasteiger partial charge on any atom is -0.368 e. The Morgan fingerprint density at radius 2 is 1.79 bits per heavy atom. The van der Waals surface area contributed by atoms with Crippen LogP contribution in [0.5, 0.6) is 0 Å². The number of nitrogens with zero attached hydrogens (tertiary/aromatic N) is 3. The molecule has 1 fully saturated rings. The second-order valence-electron chi connectivity index (χ2n) is 6.96. The Labute approximate surface area is 172 Å². The zero-order chi connectivity index (χ0) is 20.9. The molecule has 2 aromatic rings. The predicted molar refractivity (Wildman–Crippen MR) is 117 cm³/mol. The van der Waals surface area contributed by atoms with Crippen LogP contribution in [0.15, 0.2) is 61.3 Å². The number of anilines is 3. The summed E-state index contributed by atoms with van der Waals surface area (Å²) in [6.45, 7) is 8.31. The fourth-order valence-electron chi connectivity index (χ4n) is 3.20. The summed E-state index contributed by atoms with van der Waals surface area (Å²) in [7, 11) is -3.55. The SMILES string of the molecule is C=CCS(=O)(=O)C(C)C(=O)Nc1ccc(N2CCN(c3ccccc3)CC2)nc1. The first-order valence-electron chi connectivity index (χ1n) is 9.55. The molecule has 1 aliphatic heterocycles. The minimum absolute atomic E-state index is 0.228. The van der Waals surface area contributed by atoms with Gasteiger partial charge in [-0.15, -0.1) is 6.58 Å². The molecule has 2 heterocycles. The molecule has 154 valence electrons. The maximum absolute atomic E-state index is 12.2. The van der Waals surface area contributed by atoms with E-state index in [1.807, 2.05) is 24.3 Å². The normalized spacial score (nSPS) is 15.6. The Balaban J connectivity index is 1.57. The average molecular weight is 415 g/mol. The van der Waals surface area contributed by atoms with E-state index in [4.69, 9.17) is 0 Å². The highest BCUT2D eigenvalue weighted by Gasteiger charge is 2.27. The molecule has 0 aliphatic carbocycles. The molecular formula is C21H26N4O3S. The Morgan fingerprint density at radius 3 is 2.38 bits per heavy atom. The van der Waals surface area contributed by atoms with Crippen molar-refractivity contribution in [1.29, 1.82) is 0 Å². The van der Waals surface area contributed by atoms with Gasteiger partial charge in [0.1, 0.15) is 11.1 Å². The molecule has 29 heavy (non-hydrogen) atoms. The van der Waals surface area contributed by atoms with E-state index in [9.17, 15) is 13.2 Å². The second-order valence-corrected chi connectivity index (χ2v) is 9.33. The number of benzene rings is 1. The quantitative estimate of drug-likeness (QED) is 0.701. The highest BCUT2D eigenvalue weighted by Crippen LogP contribution is 2.20. The van der Waals surface area contributed by atoms with Crippen LogP contribution in [0.4, 0.5) is 17.2 Å². The topological polar surface area (TPSA) is 82.6 Å². The summed E-state index contributed by atoms with van der Waals surface area (Å²) < 4.78 is 24.0. The number of hydrogen-bond acceptors (Lipinski definition) is 6. The lowest BCUT2D eigenvalue weighted by molar-refractivity contribution is -0.115. The van der Waals surface area contributed by atoms with Gasteiger partial charge >= 0.3 is 0 Å². The molecule has 1 amide bonds. The van der Waals surface area contributed by atoms with Gasteiger partial charge < -0.3 is 15.1 Å². The van der Waals surface area contributed by atoms with Gasteiger partial charge in [-0.05, 0) is 31.2 Å². The van der Waals surface area contributed by atoms with Crippen LogP contribution in [0.2, 0.25) is 0 Å². The first kappa shape index (κ1) is 20.9. The summed E-state index contributed by atoms with van der Waals surface area (Å²) in [6, 6.07) is 13.9. The van der Waals surface area contributed by atoms with Crippen LogP contribution in [0.3, 0.4) is 0 Å². The maximum atomic E-state index is 12.2. The van der Waals surface area contributed by atoms with E-state index in [1.165, 1.54) is 18.7 Å². The van der Waals surface area contributed by atoms with Gasteiger partial charge in [-0.25, -0.2) is 13.4 Å². The number of para-hydroxylation sites is 1. The van der Waals surface area contributed by atoms with E-state index in [0.717, 1.165) is 32.0 Å². The summed E-state index contributed by atoms with van der Waals surface area (Å²) in [5, 5.41) is 1.48. The molecule has 0 radical (unpaired) electrons. The van der Waals surface area contributed by atoms with Gasteiger partial charge in [0.2, 0.25) is 5.91 Å². The number of amides is 1. The molecule has 3 rings (SSSR count). The lowest BCUT2D eigenvalue weighted by Gasteiger charge is -2.36. The number of pyridine rings is 1. The number of hydrogen-bond donors (Lipinski definition) is 1. The molecule has 7 nitrogen and oxygen atoms in total. The van der Waals surface area contributed by atoms with Gasteiger partial charge in [0.25, 0.3) is 0 Å². The van der Waals surface area contributed by atoms with Gasteiger partial charge in [-0.3, -0.25) is 4.79 Å². The van der Waals surface area contributed by atoms with Crippen LogP contribution in [0.25, 0.3) is 0 Å². The molecule has 0 spiro atoms. The van der Waals surface area contributed by atoms with Crippen LogP contribution >= 0.6 is 0 Å². The number of carbonyl (C=O) groups excluding carboxylic acids is 1. The zero-order valence-corrected chi connectivity index (χ0v) is 17.3. The fourth-order valence-corrected chi connectivity index (χ4v) is 4.20. The van der Waals surface area contributed by atoms with Crippen molar-refractivity contribution in [1.82, 2.24) is 4.98 Å². The summed E-state index contributed by atoms with van der Waals surface area (Å²) in [5.74, 6) is 0.0363. The third-order valence-corrected chi connectivity index (χ3v) is 6.99. The smallest absolute Gasteiger partial charge is 0.242 e. The number of rotatable bonds is 7. The van der Waals surface area contributed by atoms with Crippen LogP contribution in [0.1, 0.15) is 6.92 Å². The third-order valence-electron chi connectivity index (χ3n) is 5.00. The summed E-state index contributed by atoms with van der Waals surface area (Å²) in [6.07, 6.45) is 2.84. The number of piperazine rings is 1. The number of nitrogens with one attached hydrogen (secondary N) is 1. The molecule has 1 saturated heterocycles. The third kappa shape index (κ3) is 5.14. The van der Waals surface area contributed by atoms with Crippen molar-refractivity contribution in [3.8, 4) is 0 Å². The van der Waals surface area contributed by atoms with Crippen molar-refractivity contribution in [3.63, 3.8) is 0 Å². The molecular weight excluding hydrogens is 388 g/mol. The first-order valence-corrected chi connectivity index (χ1v) is 11.3. The summed E-state index contributed by atoms with van der Waals surface area (Å²) >= 11 is 0. The molecule has 1 aliphatic rings. The number of sulfone groups is 1. The van der Waals surface area contributed by atoms with Gasteiger partial charge in [-0.1, -0.05) is 24.3 Å². The molecule has 1 N–H and O–H groups in total. The van der Waals surface area contributed by atoms with Gasteiger partial charge in [0, 0.05) is 31.9 Å². The molecule has 0 bridgehead atoms. The predicted octanol–water partition coefficient (Wildman–Crippen LogP) is 2.34. The largest absolute Gasteiger partial charge is 0.368 e.